The number of carbonyl (C=O) groups is 2. The van der Waals surface area contributed by atoms with Gasteiger partial charge >= 0.3 is 5.97 Å². The van der Waals surface area contributed by atoms with Gasteiger partial charge in [-0.2, -0.15) is 0 Å². The SMILES string of the molecule is CCN(CC)CC(=O)N[C@H](Cc1ccccc1)C(=O)O. The molecule has 0 bridgehead atoms. The molecule has 0 saturated carbocycles. The van der Waals surface area contributed by atoms with Crippen LogP contribution in [0.5, 0.6) is 0 Å². The van der Waals surface area contributed by atoms with E-state index in [1.807, 2.05) is 49.1 Å². The summed E-state index contributed by atoms with van der Waals surface area (Å²) in [6.45, 7) is 5.69. The van der Waals surface area contributed by atoms with E-state index in [-0.39, 0.29) is 12.5 Å². The maximum atomic E-state index is 11.9. The molecule has 0 unspecified atom stereocenters. The smallest absolute Gasteiger partial charge is 0.326 e. The summed E-state index contributed by atoms with van der Waals surface area (Å²) in [6, 6.07) is 8.40. The van der Waals surface area contributed by atoms with Crippen LogP contribution in [0.15, 0.2) is 30.3 Å². The molecule has 1 aromatic rings. The van der Waals surface area contributed by atoms with Crippen LogP contribution in [-0.4, -0.2) is 47.6 Å². The highest BCUT2D eigenvalue weighted by atomic mass is 16.4. The van der Waals surface area contributed by atoms with Crippen molar-refractivity contribution in [3.05, 3.63) is 35.9 Å². The average Bonchev–Trinajstić information content (AvgIpc) is 2.45. The summed E-state index contributed by atoms with van der Waals surface area (Å²) in [5.41, 5.74) is 0.892. The van der Waals surface area contributed by atoms with Gasteiger partial charge in [0.1, 0.15) is 6.04 Å². The van der Waals surface area contributed by atoms with E-state index >= 15 is 0 Å². The number of benzene rings is 1. The first kappa shape index (κ1) is 16.2. The molecule has 0 heterocycles. The van der Waals surface area contributed by atoms with Crippen LogP contribution in [0, 0.1) is 0 Å². The summed E-state index contributed by atoms with van der Waals surface area (Å²) in [5, 5.41) is 11.8. The van der Waals surface area contributed by atoms with Gasteiger partial charge < -0.3 is 10.4 Å². The van der Waals surface area contributed by atoms with E-state index in [0.29, 0.717) is 6.42 Å². The summed E-state index contributed by atoms with van der Waals surface area (Å²) in [7, 11) is 0. The first-order valence-corrected chi connectivity index (χ1v) is 6.85. The number of aliphatic carboxylic acids is 1. The van der Waals surface area contributed by atoms with Crippen molar-refractivity contribution in [1.82, 2.24) is 10.2 Å². The van der Waals surface area contributed by atoms with E-state index in [4.69, 9.17) is 0 Å². The number of carboxylic acid groups (broad SMARTS) is 1. The van der Waals surface area contributed by atoms with Crippen LogP contribution < -0.4 is 5.32 Å². The quantitative estimate of drug-likeness (QED) is 0.748. The second-order valence-corrected chi connectivity index (χ2v) is 4.61. The van der Waals surface area contributed by atoms with Gasteiger partial charge in [0.2, 0.25) is 5.91 Å². The van der Waals surface area contributed by atoms with Gasteiger partial charge in [-0.1, -0.05) is 44.2 Å². The fourth-order valence-electron chi connectivity index (χ4n) is 1.94. The van der Waals surface area contributed by atoms with Gasteiger partial charge in [-0.15, -0.1) is 0 Å². The molecule has 20 heavy (non-hydrogen) atoms. The minimum atomic E-state index is -1.01. The summed E-state index contributed by atoms with van der Waals surface area (Å²) >= 11 is 0. The van der Waals surface area contributed by atoms with E-state index in [0.717, 1.165) is 18.7 Å². The van der Waals surface area contributed by atoms with Gasteiger partial charge in [-0.25, -0.2) is 4.79 Å². The number of rotatable bonds is 8. The van der Waals surface area contributed by atoms with Gasteiger partial charge in [-0.05, 0) is 18.7 Å². The third kappa shape index (κ3) is 5.40. The molecule has 0 saturated heterocycles. The molecule has 0 fully saturated rings. The molecule has 0 spiro atoms. The van der Waals surface area contributed by atoms with Crippen molar-refractivity contribution >= 4 is 11.9 Å². The molecule has 2 N–H and O–H groups in total. The summed E-state index contributed by atoms with van der Waals surface area (Å²) < 4.78 is 0. The minimum Gasteiger partial charge on any atom is -0.480 e. The number of nitrogens with zero attached hydrogens (tertiary/aromatic N) is 1. The number of hydrogen-bond acceptors (Lipinski definition) is 3. The van der Waals surface area contributed by atoms with Gasteiger partial charge in [-0.3, -0.25) is 9.69 Å². The van der Waals surface area contributed by atoms with Gasteiger partial charge in [0.25, 0.3) is 0 Å². The largest absolute Gasteiger partial charge is 0.480 e. The van der Waals surface area contributed by atoms with Crippen molar-refractivity contribution in [2.45, 2.75) is 26.3 Å². The number of carboxylic acids is 1. The third-order valence-corrected chi connectivity index (χ3v) is 3.18. The van der Waals surface area contributed by atoms with Crippen LogP contribution in [0.4, 0.5) is 0 Å². The standard InChI is InChI=1S/C15H22N2O3/c1-3-17(4-2)11-14(18)16-13(15(19)20)10-12-8-6-5-7-9-12/h5-9,13H,3-4,10-11H2,1-2H3,(H,16,18)(H,19,20)/t13-/m1/s1. The fourth-order valence-corrected chi connectivity index (χ4v) is 1.94. The molecule has 5 heteroatoms. The van der Waals surface area contributed by atoms with Gasteiger partial charge in [0.15, 0.2) is 0 Å². The van der Waals surface area contributed by atoms with Crippen molar-refractivity contribution in [3.8, 4) is 0 Å². The van der Waals surface area contributed by atoms with E-state index in [1.165, 1.54) is 0 Å². The molecule has 0 radical (unpaired) electrons. The number of hydrogen-bond donors (Lipinski definition) is 2. The van der Waals surface area contributed by atoms with Crippen LogP contribution in [0.3, 0.4) is 0 Å². The second-order valence-electron chi connectivity index (χ2n) is 4.61. The Morgan fingerprint density at radius 2 is 1.80 bits per heavy atom. The Morgan fingerprint density at radius 1 is 1.20 bits per heavy atom. The first-order chi connectivity index (χ1) is 9.56. The molecule has 1 amide bonds. The lowest BCUT2D eigenvalue weighted by atomic mass is 10.1. The number of amides is 1. The highest BCUT2D eigenvalue weighted by molar-refractivity contribution is 5.84. The Kier molecular flexibility index (Phi) is 6.73. The second kappa shape index (κ2) is 8.32. The molecule has 1 atom stereocenters. The molecule has 1 aromatic carbocycles. The monoisotopic (exact) mass is 278 g/mol. The Bertz CT molecular complexity index is 430. The molecule has 110 valence electrons. The lowest BCUT2D eigenvalue weighted by molar-refractivity contribution is -0.141. The van der Waals surface area contributed by atoms with Crippen molar-refractivity contribution in [2.24, 2.45) is 0 Å². The molecular weight excluding hydrogens is 256 g/mol. The topological polar surface area (TPSA) is 69.6 Å². The molecule has 5 nitrogen and oxygen atoms in total. The molecule has 1 rings (SSSR count). The highest BCUT2D eigenvalue weighted by Gasteiger charge is 2.20. The maximum Gasteiger partial charge on any atom is 0.326 e. The summed E-state index contributed by atoms with van der Waals surface area (Å²) in [4.78, 5) is 25.0. The zero-order valence-electron chi connectivity index (χ0n) is 12.0. The Labute approximate surface area is 119 Å². The van der Waals surface area contributed by atoms with Crippen LogP contribution in [0.2, 0.25) is 0 Å². The normalized spacial score (nSPS) is 12.2. The minimum absolute atomic E-state index is 0.228. The molecular formula is C15H22N2O3. The average molecular weight is 278 g/mol. The molecule has 0 aliphatic heterocycles. The van der Waals surface area contributed by atoms with Crippen LogP contribution in [0.25, 0.3) is 0 Å². The molecule has 0 aromatic heterocycles. The number of nitrogens with one attached hydrogen (secondary N) is 1. The van der Waals surface area contributed by atoms with E-state index < -0.39 is 12.0 Å². The van der Waals surface area contributed by atoms with E-state index in [1.54, 1.807) is 0 Å². The predicted molar refractivity (Wildman–Crippen MR) is 77.5 cm³/mol. The van der Waals surface area contributed by atoms with Crippen molar-refractivity contribution in [3.63, 3.8) is 0 Å². The Morgan fingerprint density at radius 3 is 2.30 bits per heavy atom. The number of likely N-dealkylation sites (N-methyl/N-ethyl adjacent to an activating group) is 1. The lowest BCUT2D eigenvalue weighted by Crippen LogP contribution is -2.46. The van der Waals surface area contributed by atoms with Crippen molar-refractivity contribution < 1.29 is 14.7 Å². The third-order valence-electron chi connectivity index (χ3n) is 3.18. The predicted octanol–water partition coefficient (Wildman–Crippen LogP) is 1.14. The number of carbonyl (C=O) groups excluding carboxylic acids is 1. The molecule has 0 aliphatic rings. The Hall–Kier alpha value is -1.88. The summed E-state index contributed by atoms with van der Waals surface area (Å²) in [6.07, 6.45) is 0.292. The zero-order valence-corrected chi connectivity index (χ0v) is 12.0. The van der Waals surface area contributed by atoms with Crippen LogP contribution >= 0.6 is 0 Å². The first-order valence-electron chi connectivity index (χ1n) is 6.85. The fraction of sp³-hybridized carbons (Fsp3) is 0.467. The zero-order chi connectivity index (χ0) is 15.0. The Balaban J connectivity index is 2.59. The van der Waals surface area contributed by atoms with E-state index in [2.05, 4.69) is 5.32 Å². The van der Waals surface area contributed by atoms with Gasteiger partial charge in [0.05, 0.1) is 6.54 Å². The van der Waals surface area contributed by atoms with Gasteiger partial charge in [0, 0.05) is 6.42 Å². The van der Waals surface area contributed by atoms with Crippen LogP contribution in [-0.2, 0) is 16.0 Å². The lowest BCUT2D eigenvalue weighted by Gasteiger charge is -2.20. The summed E-state index contributed by atoms with van der Waals surface area (Å²) in [5.74, 6) is -1.27. The van der Waals surface area contributed by atoms with Crippen LogP contribution in [0.1, 0.15) is 19.4 Å². The van der Waals surface area contributed by atoms with Crippen molar-refractivity contribution in [2.75, 3.05) is 19.6 Å². The van der Waals surface area contributed by atoms with Crippen molar-refractivity contribution in [1.29, 1.82) is 0 Å². The maximum absolute atomic E-state index is 11.9. The molecule has 0 aliphatic carbocycles. The van der Waals surface area contributed by atoms with E-state index in [9.17, 15) is 14.7 Å². The highest BCUT2D eigenvalue weighted by Crippen LogP contribution is 2.03.